The van der Waals surface area contributed by atoms with Crippen molar-refractivity contribution in [2.45, 2.75) is 13.8 Å². The van der Waals surface area contributed by atoms with E-state index in [1.165, 1.54) is 27.5 Å². The minimum Gasteiger partial charge on any atom is -0.496 e. The van der Waals surface area contributed by atoms with Crippen LogP contribution in [0.2, 0.25) is 0 Å². The Kier molecular flexibility index (Phi) is 3.97. The van der Waals surface area contributed by atoms with E-state index in [2.05, 4.69) is 74.5 Å². The molecule has 0 aromatic heterocycles. The molecule has 0 unspecified atom stereocenters. The van der Waals surface area contributed by atoms with Gasteiger partial charge in [0.25, 0.3) is 0 Å². The fraction of sp³-hybridized carbons (Fsp3) is 0.143. The molecule has 1 nitrogen and oxygen atoms in total. The fourth-order valence-corrected chi connectivity index (χ4v) is 2.81. The molecule has 0 aliphatic heterocycles. The minimum atomic E-state index is 0.903. The van der Waals surface area contributed by atoms with Gasteiger partial charge in [0.2, 0.25) is 0 Å². The summed E-state index contributed by atoms with van der Waals surface area (Å²) < 4.78 is 5.54. The summed E-state index contributed by atoms with van der Waals surface area (Å²) in [5.41, 5.74) is 4.94. The van der Waals surface area contributed by atoms with Gasteiger partial charge in [0.05, 0.1) is 7.11 Å². The molecule has 0 radical (unpaired) electrons. The van der Waals surface area contributed by atoms with Crippen LogP contribution in [0.4, 0.5) is 0 Å². The molecule has 0 fully saturated rings. The topological polar surface area (TPSA) is 9.23 Å². The summed E-state index contributed by atoms with van der Waals surface area (Å²) in [6.45, 7) is 4.27. The highest BCUT2D eigenvalue weighted by Crippen LogP contribution is 2.30. The number of ether oxygens (including phenoxy) is 1. The van der Waals surface area contributed by atoms with Gasteiger partial charge in [-0.1, -0.05) is 66.2 Å². The zero-order valence-electron chi connectivity index (χ0n) is 13.3. The molecule has 1 heteroatoms. The quantitative estimate of drug-likeness (QED) is 0.567. The highest BCUT2D eigenvalue weighted by atomic mass is 16.5. The Hall–Kier alpha value is -2.54. The SMILES string of the molecule is COc1ccc2ccccc2c1/C=C/c1ccc(C)cc1C. The number of fused-ring (bicyclic) bond motifs is 1. The zero-order chi connectivity index (χ0) is 15.5. The van der Waals surface area contributed by atoms with Crippen molar-refractivity contribution in [2.24, 2.45) is 0 Å². The maximum Gasteiger partial charge on any atom is 0.126 e. The molecule has 0 bridgehead atoms. The molecule has 110 valence electrons. The molecule has 3 aromatic rings. The van der Waals surface area contributed by atoms with Crippen LogP contribution < -0.4 is 4.74 Å². The van der Waals surface area contributed by atoms with Crippen LogP contribution in [0.15, 0.2) is 54.6 Å². The molecule has 0 aliphatic carbocycles. The van der Waals surface area contributed by atoms with E-state index >= 15 is 0 Å². The maximum atomic E-state index is 5.54. The molecular weight excluding hydrogens is 268 g/mol. The smallest absolute Gasteiger partial charge is 0.126 e. The summed E-state index contributed by atoms with van der Waals surface area (Å²) in [6.07, 6.45) is 4.32. The van der Waals surface area contributed by atoms with Gasteiger partial charge in [-0.2, -0.15) is 0 Å². The van der Waals surface area contributed by atoms with Gasteiger partial charge in [0.1, 0.15) is 5.75 Å². The third-order valence-corrected chi connectivity index (χ3v) is 4.01. The number of hydrogen-bond acceptors (Lipinski definition) is 1. The molecule has 0 atom stereocenters. The first-order valence-corrected chi connectivity index (χ1v) is 7.50. The Bertz CT molecular complexity index is 844. The third kappa shape index (κ3) is 2.75. The molecule has 0 heterocycles. The number of aryl methyl sites for hydroxylation is 2. The van der Waals surface area contributed by atoms with Crippen molar-refractivity contribution in [3.63, 3.8) is 0 Å². The fourth-order valence-electron chi connectivity index (χ4n) is 2.81. The van der Waals surface area contributed by atoms with E-state index in [4.69, 9.17) is 4.74 Å². The molecular formula is C21H20O. The van der Waals surface area contributed by atoms with Crippen LogP contribution in [0.25, 0.3) is 22.9 Å². The molecule has 22 heavy (non-hydrogen) atoms. The number of hydrogen-bond donors (Lipinski definition) is 0. The number of rotatable bonds is 3. The van der Waals surface area contributed by atoms with Crippen molar-refractivity contribution in [2.75, 3.05) is 7.11 Å². The first kappa shape index (κ1) is 14.4. The van der Waals surface area contributed by atoms with Crippen LogP contribution in [-0.2, 0) is 0 Å². The van der Waals surface area contributed by atoms with Gasteiger partial charge >= 0.3 is 0 Å². The molecule has 0 amide bonds. The molecule has 3 rings (SSSR count). The lowest BCUT2D eigenvalue weighted by Gasteiger charge is -2.09. The molecule has 0 spiro atoms. The number of benzene rings is 3. The Morgan fingerprint density at radius 3 is 2.45 bits per heavy atom. The predicted octanol–water partition coefficient (Wildman–Crippen LogP) is 5.64. The monoisotopic (exact) mass is 288 g/mol. The second-order valence-corrected chi connectivity index (χ2v) is 5.60. The van der Waals surface area contributed by atoms with Crippen molar-refractivity contribution in [3.8, 4) is 5.75 Å². The summed E-state index contributed by atoms with van der Waals surface area (Å²) in [6, 6.07) is 19.0. The van der Waals surface area contributed by atoms with Crippen molar-refractivity contribution in [3.05, 3.63) is 76.9 Å². The van der Waals surface area contributed by atoms with Crippen molar-refractivity contribution in [1.29, 1.82) is 0 Å². The lowest BCUT2D eigenvalue weighted by molar-refractivity contribution is 0.414. The minimum absolute atomic E-state index is 0.903. The summed E-state index contributed by atoms with van der Waals surface area (Å²) in [7, 11) is 1.72. The van der Waals surface area contributed by atoms with Crippen LogP contribution >= 0.6 is 0 Å². The van der Waals surface area contributed by atoms with Gasteiger partial charge in [0, 0.05) is 5.56 Å². The first-order valence-electron chi connectivity index (χ1n) is 7.50. The summed E-state index contributed by atoms with van der Waals surface area (Å²) in [5, 5.41) is 2.44. The average Bonchev–Trinajstić information content (AvgIpc) is 2.53. The Balaban J connectivity index is 2.11. The molecule has 3 aromatic carbocycles. The highest BCUT2D eigenvalue weighted by Gasteiger charge is 2.05. The zero-order valence-corrected chi connectivity index (χ0v) is 13.3. The summed E-state index contributed by atoms with van der Waals surface area (Å²) in [4.78, 5) is 0. The lowest BCUT2D eigenvalue weighted by Crippen LogP contribution is -1.89. The first-order chi connectivity index (χ1) is 10.7. The molecule has 0 saturated heterocycles. The second-order valence-electron chi connectivity index (χ2n) is 5.60. The summed E-state index contributed by atoms with van der Waals surface area (Å²) >= 11 is 0. The Labute approximate surface area is 131 Å². The third-order valence-electron chi connectivity index (χ3n) is 4.01. The standard InChI is InChI=1S/C21H20O/c1-15-8-9-17(16(2)14-15)10-12-20-19-7-5-4-6-18(19)11-13-21(20)22-3/h4-14H,1-3H3/b12-10+. The van der Waals surface area contributed by atoms with E-state index in [1.807, 2.05) is 6.07 Å². The van der Waals surface area contributed by atoms with Gasteiger partial charge in [-0.3, -0.25) is 0 Å². The molecule has 0 N–H and O–H groups in total. The van der Waals surface area contributed by atoms with Gasteiger partial charge < -0.3 is 4.74 Å². The average molecular weight is 288 g/mol. The van der Waals surface area contributed by atoms with Gasteiger partial charge in [-0.15, -0.1) is 0 Å². The van der Waals surface area contributed by atoms with E-state index in [1.54, 1.807) is 7.11 Å². The van der Waals surface area contributed by atoms with Gasteiger partial charge in [0.15, 0.2) is 0 Å². The molecule has 0 aliphatic rings. The summed E-state index contributed by atoms with van der Waals surface area (Å²) in [5.74, 6) is 0.903. The van der Waals surface area contributed by atoms with Crippen LogP contribution in [0.1, 0.15) is 22.3 Å². The van der Waals surface area contributed by atoms with E-state index in [0.717, 1.165) is 11.3 Å². The normalized spacial score (nSPS) is 11.2. The van der Waals surface area contributed by atoms with Crippen LogP contribution in [-0.4, -0.2) is 7.11 Å². The number of methoxy groups -OCH3 is 1. The van der Waals surface area contributed by atoms with Crippen molar-refractivity contribution < 1.29 is 4.74 Å². The van der Waals surface area contributed by atoms with Crippen LogP contribution in [0, 0.1) is 13.8 Å². The predicted molar refractivity (Wildman–Crippen MR) is 95.3 cm³/mol. The van der Waals surface area contributed by atoms with Crippen LogP contribution in [0.5, 0.6) is 5.75 Å². The Morgan fingerprint density at radius 1 is 0.864 bits per heavy atom. The molecule has 0 saturated carbocycles. The largest absolute Gasteiger partial charge is 0.496 e. The van der Waals surface area contributed by atoms with Gasteiger partial charge in [-0.05, 0) is 41.8 Å². The second kappa shape index (κ2) is 6.07. The van der Waals surface area contributed by atoms with E-state index in [9.17, 15) is 0 Å². The van der Waals surface area contributed by atoms with Crippen LogP contribution in [0.3, 0.4) is 0 Å². The maximum absolute atomic E-state index is 5.54. The highest BCUT2D eigenvalue weighted by molar-refractivity contribution is 5.95. The van der Waals surface area contributed by atoms with E-state index in [0.29, 0.717) is 0 Å². The van der Waals surface area contributed by atoms with Gasteiger partial charge in [-0.25, -0.2) is 0 Å². The van der Waals surface area contributed by atoms with E-state index < -0.39 is 0 Å². The lowest BCUT2D eigenvalue weighted by atomic mass is 10.0. The van der Waals surface area contributed by atoms with E-state index in [-0.39, 0.29) is 0 Å². The van der Waals surface area contributed by atoms with Crippen molar-refractivity contribution in [1.82, 2.24) is 0 Å². The Morgan fingerprint density at radius 2 is 1.68 bits per heavy atom. The van der Waals surface area contributed by atoms with Crippen molar-refractivity contribution >= 4 is 22.9 Å².